The summed E-state index contributed by atoms with van der Waals surface area (Å²) in [6.45, 7) is 5.99. The van der Waals surface area contributed by atoms with Crippen molar-refractivity contribution in [3.05, 3.63) is 120 Å². The predicted molar refractivity (Wildman–Crippen MR) is 132 cm³/mol. The Morgan fingerprint density at radius 2 is 1.76 bits per heavy atom. The maximum absolute atomic E-state index is 14.4. The minimum atomic E-state index is -1.18. The maximum atomic E-state index is 14.4. The molecule has 2 aliphatic rings. The first-order valence-corrected chi connectivity index (χ1v) is 11.4. The van der Waals surface area contributed by atoms with Crippen molar-refractivity contribution in [2.45, 2.75) is 24.7 Å². The Bertz CT molecular complexity index is 1300. The highest BCUT2D eigenvalue weighted by Crippen LogP contribution is 2.57. The molecule has 2 amide bonds. The number of allylic oxidation sites excluding steroid dienone is 3. The van der Waals surface area contributed by atoms with Gasteiger partial charge in [0.25, 0.3) is 11.8 Å². The summed E-state index contributed by atoms with van der Waals surface area (Å²) in [6.07, 6.45) is 4.17. The molecule has 170 valence electrons. The van der Waals surface area contributed by atoms with Gasteiger partial charge in [0.15, 0.2) is 0 Å². The number of aromatic hydroxyl groups is 1. The van der Waals surface area contributed by atoms with Crippen LogP contribution in [0.5, 0.6) is 5.75 Å². The summed E-state index contributed by atoms with van der Waals surface area (Å²) in [5.74, 6) is -1.55. The second-order valence-electron chi connectivity index (χ2n) is 8.92. The lowest BCUT2D eigenvalue weighted by molar-refractivity contribution is -0.138. The van der Waals surface area contributed by atoms with Gasteiger partial charge in [-0.25, -0.2) is 0 Å². The Morgan fingerprint density at radius 3 is 2.44 bits per heavy atom. The summed E-state index contributed by atoms with van der Waals surface area (Å²) >= 11 is 0. The fourth-order valence-electron chi connectivity index (χ4n) is 5.46. The van der Waals surface area contributed by atoms with Crippen LogP contribution in [0.4, 0.5) is 5.69 Å². The number of carbonyl (C=O) groups excluding carboxylic acids is 2. The second kappa shape index (κ2) is 8.34. The van der Waals surface area contributed by atoms with Crippen LogP contribution in [0.1, 0.15) is 29.0 Å². The number of imide groups is 1. The van der Waals surface area contributed by atoms with E-state index < -0.39 is 17.3 Å². The van der Waals surface area contributed by atoms with E-state index in [-0.39, 0.29) is 17.6 Å². The van der Waals surface area contributed by atoms with Gasteiger partial charge in [0, 0.05) is 5.92 Å². The van der Waals surface area contributed by atoms with Crippen LogP contribution in [-0.4, -0.2) is 21.9 Å². The number of benzene rings is 3. The van der Waals surface area contributed by atoms with Crippen molar-refractivity contribution >= 4 is 17.5 Å². The van der Waals surface area contributed by atoms with Gasteiger partial charge in [-0.1, -0.05) is 78.9 Å². The molecule has 5 nitrogen and oxygen atoms in total. The molecule has 0 unspecified atom stereocenters. The number of fused-ring (bicyclic) bond motifs is 1. The highest BCUT2D eigenvalue weighted by molar-refractivity contribution is 6.12. The van der Waals surface area contributed by atoms with Gasteiger partial charge in [0.1, 0.15) is 5.75 Å². The molecule has 3 atom stereocenters. The zero-order valence-corrected chi connectivity index (χ0v) is 18.9. The van der Waals surface area contributed by atoms with Gasteiger partial charge in [0.2, 0.25) is 0 Å². The molecule has 0 radical (unpaired) electrons. The van der Waals surface area contributed by atoms with Crippen molar-refractivity contribution < 1.29 is 14.7 Å². The van der Waals surface area contributed by atoms with Crippen molar-refractivity contribution in [3.63, 3.8) is 0 Å². The molecule has 1 heterocycles. The first-order chi connectivity index (χ1) is 16.5. The molecule has 1 aliphatic carbocycles. The number of aryl methyl sites for hydroxylation is 1. The Kier molecular flexibility index (Phi) is 5.33. The SMILES string of the molecule is C=CC1=CC[C@H]2C(=O)N(Nc3ccc(C)cc3)C(=O)[C@@]2(c2ccccc2)[C@H]1c1cccc(O)c1. The van der Waals surface area contributed by atoms with E-state index in [0.717, 1.165) is 22.3 Å². The Labute approximate surface area is 199 Å². The van der Waals surface area contributed by atoms with E-state index in [1.165, 1.54) is 5.01 Å². The normalized spacial score (nSPS) is 23.9. The summed E-state index contributed by atoms with van der Waals surface area (Å²) in [5, 5.41) is 11.4. The number of hydrogen-bond donors (Lipinski definition) is 2. The monoisotopic (exact) mass is 450 g/mol. The van der Waals surface area contributed by atoms with Crippen molar-refractivity contribution in [2.24, 2.45) is 5.92 Å². The standard InChI is InChI=1S/C29H26N2O3/c1-3-20-14-17-25-27(33)31(30-23-15-12-19(2)13-16-23)28(34)29(25,22-9-5-4-6-10-22)26(20)21-8-7-11-24(32)18-21/h3-16,18,25-26,30,32H,1,17H2,2H3/t25-,26+,29+/m0/s1. The minimum absolute atomic E-state index is 0.109. The van der Waals surface area contributed by atoms with Crippen LogP contribution >= 0.6 is 0 Å². The second-order valence-corrected chi connectivity index (χ2v) is 8.92. The molecular formula is C29H26N2O3. The van der Waals surface area contributed by atoms with E-state index in [1.54, 1.807) is 24.3 Å². The number of phenols is 1. The molecule has 3 aromatic rings. The summed E-state index contributed by atoms with van der Waals surface area (Å²) in [5.41, 5.74) is 6.04. The number of hydrazine groups is 1. The topological polar surface area (TPSA) is 69.6 Å². The van der Waals surface area contributed by atoms with Crippen molar-refractivity contribution in [1.29, 1.82) is 0 Å². The quantitative estimate of drug-likeness (QED) is 0.521. The third kappa shape index (κ3) is 3.24. The molecular weight excluding hydrogens is 424 g/mol. The highest BCUT2D eigenvalue weighted by atomic mass is 16.3. The van der Waals surface area contributed by atoms with Crippen molar-refractivity contribution in [1.82, 2.24) is 5.01 Å². The number of hydrogen-bond acceptors (Lipinski definition) is 4. The summed E-state index contributed by atoms with van der Waals surface area (Å²) < 4.78 is 0. The van der Waals surface area contributed by atoms with Crippen LogP contribution in [0.3, 0.4) is 0 Å². The third-order valence-corrected chi connectivity index (χ3v) is 6.99. The predicted octanol–water partition coefficient (Wildman–Crippen LogP) is 5.25. The third-order valence-electron chi connectivity index (χ3n) is 6.99. The Balaban J connectivity index is 1.72. The largest absolute Gasteiger partial charge is 0.508 e. The van der Waals surface area contributed by atoms with E-state index in [2.05, 4.69) is 12.0 Å². The zero-order chi connectivity index (χ0) is 23.9. The van der Waals surface area contributed by atoms with Crippen LogP contribution in [0.25, 0.3) is 0 Å². The van der Waals surface area contributed by atoms with Gasteiger partial charge in [-0.15, -0.1) is 0 Å². The van der Waals surface area contributed by atoms with Crippen LogP contribution in [0, 0.1) is 12.8 Å². The maximum Gasteiger partial charge on any atom is 0.260 e. The summed E-state index contributed by atoms with van der Waals surface area (Å²) in [4.78, 5) is 28.2. The number of anilines is 1. The molecule has 1 fully saturated rings. The number of amides is 2. The van der Waals surface area contributed by atoms with E-state index in [1.807, 2.05) is 73.7 Å². The number of carbonyl (C=O) groups is 2. The Morgan fingerprint density at radius 1 is 1.03 bits per heavy atom. The first-order valence-electron chi connectivity index (χ1n) is 11.4. The smallest absolute Gasteiger partial charge is 0.260 e. The van der Waals surface area contributed by atoms with Crippen LogP contribution < -0.4 is 5.43 Å². The Hall–Kier alpha value is -4.12. The number of rotatable bonds is 5. The molecule has 1 aliphatic heterocycles. The molecule has 34 heavy (non-hydrogen) atoms. The molecule has 5 heteroatoms. The van der Waals surface area contributed by atoms with Crippen LogP contribution in [0.15, 0.2) is 103 Å². The molecule has 5 rings (SSSR count). The van der Waals surface area contributed by atoms with Crippen LogP contribution in [-0.2, 0) is 15.0 Å². The number of nitrogens with one attached hydrogen (secondary N) is 1. The molecule has 0 aromatic heterocycles. The van der Waals surface area contributed by atoms with E-state index in [4.69, 9.17) is 0 Å². The zero-order valence-electron chi connectivity index (χ0n) is 18.9. The summed E-state index contributed by atoms with van der Waals surface area (Å²) in [7, 11) is 0. The number of nitrogens with zero attached hydrogens (tertiary/aromatic N) is 1. The lowest BCUT2D eigenvalue weighted by Gasteiger charge is -2.43. The lowest BCUT2D eigenvalue weighted by atomic mass is 9.56. The van der Waals surface area contributed by atoms with E-state index in [9.17, 15) is 14.7 Å². The molecule has 3 aromatic carbocycles. The first kappa shape index (κ1) is 21.7. The van der Waals surface area contributed by atoms with Gasteiger partial charge in [0.05, 0.1) is 17.0 Å². The fourth-order valence-corrected chi connectivity index (χ4v) is 5.46. The fraction of sp³-hybridized carbons (Fsp3) is 0.172. The van der Waals surface area contributed by atoms with E-state index in [0.29, 0.717) is 12.1 Å². The van der Waals surface area contributed by atoms with E-state index >= 15 is 0 Å². The average molecular weight is 451 g/mol. The van der Waals surface area contributed by atoms with Crippen molar-refractivity contribution in [2.75, 3.05) is 5.43 Å². The molecule has 1 saturated heterocycles. The van der Waals surface area contributed by atoms with Gasteiger partial charge >= 0.3 is 0 Å². The van der Waals surface area contributed by atoms with Gasteiger partial charge < -0.3 is 5.11 Å². The van der Waals surface area contributed by atoms with Gasteiger partial charge in [-0.2, -0.15) is 5.01 Å². The lowest BCUT2D eigenvalue weighted by Crippen LogP contribution is -2.48. The van der Waals surface area contributed by atoms with Crippen LogP contribution in [0.2, 0.25) is 0 Å². The average Bonchev–Trinajstić information content (AvgIpc) is 3.07. The minimum Gasteiger partial charge on any atom is -0.508 e. The van der Waals surface area contributed by atoms with Crippen molar-refractivity contribution in [3.8, 4) is 5.75 Å². The highest BCUT2D eigenvalue weighted by Gasteiger charge is 2.65. The number of phenolic OH excluding ortho intramolecular Hbond substituents is 1. The molecule has 0 bridgehead atoms. The van der Waals surface area contributed by atoms with Gasteiger partial charge in [-0.05, 0) is 54.3 Å². The van der Waals surface area contributed by atoms with Gasteiger partial charge in [-0.3, -0.25) is 15.0 Å². The molecule has 0 spiro atoms. The molecule has 0 saturated carbocycles. The molecule has 2 N–H and O–H groups in total. The summed E-state index contributed by atoms with van der Waals surface area (Å²) in [6, 6.07) is 24.0.